The van der Waals surface area contributed by atoms with E-state index in [0.29, 0.717) is 50.9 Å². The quantitative estimate of drug-likeness (QED) is 0.499. The Kier molecular flexibility index (Phi) is 6.53. The Hall–Kier alpha value is -1.71. The van der Waals surface area contributed by atoms with Gasteiger partial charge in [0.05, 0.1) is 25.2 Å². The summed E-state index contributed by atoms with van der Waals surface area (Å²) in [5.74, 6) is 0.165. The highest BCUT2D eigenvalue weighted by Gasteiger charge is 2.31. The van der Waals surface area contributed by atoms with Gasteiger partial charge >= 0.3 is 0 Å². The lowest BCUT2D eigenvalue weighted by Crippen LogP contribution is -2.42. The molecule has 6 nitrogen and oxygen atoms in total. The summed E-state index contributed by atoms with van der Waals surface area (Å²) >= 11 is 13.8. The summed E-state index contributed by atoms with van der Waals surface area (Å²) in [6.45, 7) is 5.15. The third-order valence-electron chi connectivity index (χ3n) is 5.62. The first-order valence-electron chi connectivity index (χ1n) is 10.2. The van der Waals surface area contributed by atoms with Crippen molar-refractivity contribution >= 4 is 60.7 Å². The molecule has 1 aliphatic heterocycles. The van der Waals surface area contributed by atoms with Crippen LogP contribution in [0, 0.1) is 11.8 Å². The first kappa shape index (κ1) is 23.4. The molecule has 0 radical (unpaired) electrons. The minimum absolute atomic E-state index is 0.182. The van der Waals surface area contributed by atoms with Gasteiger partial charge in [0.2, 0.25) is 10.0 Å². The van der Waals surface area contributed by atoms with Gasteiger partial charge in [0.15, 0.2) is 4.80 Å². The molecule has 32 heavy (non-hydrogen) atoms. The van der Waals surface area contributed by atoms with Gasteiger partial charge in [0.1, 0.15) is 0 Å². The molecular formula is C22H23Cl2N3O3S2. The van der Waals surface area contributed by atoms with Gasteiger partial charge < -0.3 is 4.57 Å². The van der Waals surface area contributed by atoms with Gasteiger partial charge in [-0.2, -0.15) is 9.30 Å². The van der Waals surface area contributed by atoms with E-state index in [0.717, 1.165) is 11.1 Å². The Morgan fingerprint density at radius 2 is 1.62 bits per heavy atom. The number of carbonyl (C=O) groups is 1. The Labute approximate surface area is 201 Å². The van der Waals surface area contributed by atoms with E-state index in [9.17, 15) is 13.2 Å². The lowest BCUT2D eigenvalue weighted by Gasteiger charge is -2.34. The van der Waals surface area contributed by atoms with Crippen LogP contribution in [0.25, 0.3) is 10.2 Å². The number of benzene rings is 2. The maximum absolute atomic E-state index is 13.0. The fourth-order valence-electron chi connectivity index (χ4n) is 4.16. The summed E-state index contributed by atoms with van der Waals surface area (Å²) in [5.41, 5.74) is 1.01. The highest BCUT2D eigenvalue weighted by Crippen LogP contribution is 2.31. The number of aryl methyl sites for hydroxylation is 1. The zero-order valence-electron chi connectivity index (χ0n) is 17.9. The van der Waals surface area contributed by atoms with Gasteiger partial charge in [0, 0.05) is 25.7 Å². The van der Waals surface area contributed by atoms with E-state index in [-0.39, 0.29) is 4.90 Å². The van der Waals surface area contributed by atoms with Crippen LogP contribution in [0.2, 0.25) is 10.0 Å². The average molecular weight is 512 g/mol. The number of hydrogen-bond donors (Lipinski definition) is 0. The van der Waals surface area contributed by atoms with Crippen molar-refractivity contribution in [3.05, 3.63) is 56.8 Å². The number of amides is 1. The second kappa shape index (κ2) is 8.91. The molecule has 3 aromatic rings. The largest absolute Gasteiger partial charge is 0.318 e. The van der Waals surface area contributed by atoms with Crippen LogP contribution in [0.5, 0.6) is 0 Å². The first-order chi connectivity index (χ1) is 15.1. The molecule has 1 aromatic heterocycles. The van der Waals surface area contributed by atoms with Gasteiger partial charge in [0.25, 0.3) is 5.91 Å². The predicted molar refractivity (Wildman–Crippen MR) is 129 cm³/mol. The van der Waals surface area contributed by atoms with Crippen molar-refractivity contribution in [2.24, 2.45) is 23.9 Å². The molecule has 4 rings (SSSR count). The van der Waals surface area contributed by atoms with Crippen molar-refractivity contribution in [3.63, 3.8) is 0 Å². The summed E-state index contributed by atoms with van der Waals surface area (Å²) in [4.78, 5) is 17.6. The zero-order valence-corrected chi connectivity index (χ0v) is 21.0. The van der Waals surface area contributed by atoms with Gasteiger partial charge in [-0.15, -0.1) is 0 Å². The molecule has 1 aliphatic rings. The third-order valence-corrected chi connectivity index (χ3v) is 9.36. The van der Waals surface area contributed by atoms with Crippen LogP contribution in [0.4, 0.5) is 0 Å². The molecule has 0 spiro atoms. The Morgan fingerprint density at radius 3 is 2.22 bits per heavy atom. The fraction of sp³-hybridized carbons (Fsp3) is 0.364. The molecule has 0 saturated carbocycles. The third kappa shape index (κ3) is 4.39. The summed E-state index contributed by atoms with van der Waals surface area (Å²) in [7, 11) is -1.84. The van der Waals surface area contributed by atoms with Crippen LogP contribution >= 0.6 is 34.5 Å². The van der Waals surface area contributed by atoms with Crippen LogP contribution in [-0.4, -0.2) is 36.3 Å². The number of hydrogen-bond acceptors (Lipinski definition) is 4. The topological polar surface area (TPSA) is 71.7 Å². The lowest BCUT2D eigenvalue weighted by molar-refractivity contribution is 0.0998. The van der Waals surface area contributed by atoms with Crippen molar-refractivity contribution in [2.75, 3.05) is 13.1 Å². The van der Waals surface area contributed by atoms with Gasteiger partial charge in [-0.3, -0.25) is 4.79 Å². The number of sulfonamides is 1. The van der Waals surface area contributed by atoms with Gasteiger partial charge in [-0.1, -0.05) is 48.4 Å². The van der Waals surface area contributed by atoms with E-state index in [1.165, 1.54) is 39.9 Å². The normalized spacial score (nSPS) is 20.7. The molecule has 2 atom stereocenters. The van der Waals surface area contributed by atoms with Crippen molar-refractivity contribution in [1.82, 2.24) is 8.87 Å². The number of piperidine rings is 1. The van der Waals surface area contributed by atoms with Crippen LogP contribution in [0.1, 0.15) is 30.6 Å². The van der Waals surface area contributed by atoms with Crippen LogP contribution in [0.3, 0.4) is 0 Å². The molecule has 2 aromatic carbocycles. The number of rotatable bonds is 3. The molecule has 1 amide bonds. The van der Waals surface area contributed by atoms with Gasteiger partial charge in [-0.25, -0.2) is 8.42 Å². The summed E-state index contributed by atoms with van der Waals surface area (Å²) < 4.78 is 30.1. The Balaban J connectivity index is 1.63. The molecule has 2 unspecified atom stereocenters. The van der Waals surface area contributed by atoms with E-state index >= 15 is 0 Å². The van der Waals surface area contributed by atoms with Crippen LogP contribution in [-0.2, 0) is 17.1 Å². The minimum atomic E-state index is -3.60. The maximum atomic E-state index is 13.0. The van der Waals surface area contributed by atoms with Crippen molar-refractivity contribution < 1.29 is 13.2 Å². The predicted octanol–water partition coefficient (Wildman–Crippen LogP) is 4.95. The van der Waals surface area contributed by atoms with Crippen molar-refractivity contribution in [3.8, 4) is 0 Å². The van der Waals surface area contributed by atoms with E-state index in [4.69, 9.17) is 23.2 Å². The molecule has 2 heterocycles. The lowest BCUT2D eigenvalue weighted by atomic mass is 9.94. The Bertz CT molecular complexity index is 1350. The minimum Gasteiger partial charge on any atom is -0.318 e. The fourth-order valence-corrected chi connectivity index (χ4v) is 7.49. The average Bonchev–Trinajstić information content (AvgIpc) is 3.07. The first-order valence-corrected chi connectivity index (χ1v) is 13.2. The zero-order chi connectivity index (χ0) is 23.2. The van der Waals surface area contributed by atoms with E-state index < -0.39 is 15.9 Å². The second-order valence-corrected chi connectivity index (χ2v) is 12.1. The molecule has 0 bridgehead atoms. The van der Waals surface area contributed by atoms with Crippen molar-refractivity contribution in [1.29, 1.82) is 0 Å². The molecule has 1 saturated heterocycles. The monoisotopic (exact) mass is 511 g/mol. The van der Waals surface area contributed by atoms with E-state index in [1.54, 1.807) is 23.7 Å². The van der Waals surface area contributed by atoms with Crippen LogP contribution < -0.4 is 4.80 Å². The van der Waals surface area contributed by atoms with E-state index in [2.05, 4.69) is 18.8 Å². The van der Waals surface area contributed by atoms with E-state index in [1.807, 2.05) is 0 Å². The SMILES string of the molecule is CC1CC(C)CN(S(=O)(=O)c2ccc(C(=O)N=c3sc4c(Cl)ccc(Cl)c4n3C)cc2)C1. The highest BCUT2D eigenvalue weighted by atomic mass is 35.5. The molecular weight excluding hydrogens is 489 g/mol. The molecule has 1 fully saturated rings. The standard InChI is InChI=1S/C22H23Cl2N3O3S2/c1-13-10-14(2)12-27(11-13)32(29,30)16-6-4-15(5-7-16)21(28)25-22-26(3)19-17(23)8-9-18(24)20(19)31-22/h4-9,13-14H,10-12H2,1-3H3. The van der Waals surface area contributed by atoms with Gasteiger partial charge in [-0.05, 0) is 54.7 Å². The molecule has 10 heteroatoms. The number of aromatic nitrogens is 1. The molecule has 170 valence electrons. The second-order valence-electron chi connectivity index (χ2n) is 8.36. The summed E-state index contributed by atoms with van der Waals surface area (Å²) in [6, 6.07) is 9.36. The smallest absolute Gasteiger partial charge is 0.279 e. The molecule has 0 aliphatic carbocycles. The number of fused-ring (bicyclic) bond motifs is 1. The highest BCUT2D eigenvalue weighted by molar-refractivity contribution is 7.89. The van der Waals surface area contributed by atoms with Crippen LogP contribution in [0.15, 0.2) is 46.3 Å². The summed E-state index contributed by atoms with van der Waals surface area (Å²) in [6.07, 6.45) is 1.02. The summed E-state index contributed by atoms with van der Waals surface area (Å²) in [5, 5.41) is 1.06. The number of thiazole rings is 1. The van der Waals surface area contributed by atoms with Crippen molar-refractivity contribution in [2.45, 2.75) is 25.2 Å². The number of carbonyl (C=O) groups excluding carboxylic acids is 1. The Morgan fingerprint density at radius 1 is 1.03 bits per heavy atom. The number of halogens is 2. The molecule has 0 N–H and O–H groups in total. The maximum Gasteiger partial charge on any atom is 0.279 e. The number of nitrogens with zero attached hydrogens (tertiary/aromatic N) is 3.